The average molecular weight is 175 g/mol. The summed E-state index contributed by atoms with van der Waals surface area (Å²) in [7, 11) is 0. The van der Waals surface area contributed by atoms with Gasteiger partial charge in [0.05, 0.1) is 11.2 Å². The van der Waals surface area contributed by atoms with E-state index in [1.54, 1.807) is 6.33 Å². The Bertz CT molecular complexity index is 443. The molecule has 2 N–H and O–H groups in total. The van der Waals surface area contributed by atoms with Crippen molar-refractivity contribution >= 4 is 11.3 Å². The predicted molar refractivity (Wildman–Crippen MR) is 53.7 cm³/mol. The van der Waals surface area contributed by atoms with Gasteiger partial charge in [-0.1, -0.05) is 6.92 Å². The molecule has 0 aliphatic carbocycles. The molecule has 2 aromatic heterocycles. The first-order valence-electron chi connectivity index (χ1n) is 4.44. The van der Waals surface area contributed by atoms with Crippen LogP contribution >= 0.6 is 0 Å². The smallest absolute Gasteiger partial charge is 0.109 e. The third-order valence-electron chi connectivity index (χ3n) is 2.24. The Hall–Kier alpha value is -1.51. The summed E-state index contributed by atoms with van der Waals surface area (Å²) in [4.78, 5) is 4.30. The molecule has 0 saturated carbocycles. The Balaban J connectivity index is 2.82. The molecular formula is C10H13N3. The van der Waals surface area contributed by atoms with E-state index in [-0.39, 0.29) is 0 Å². The zero-order valence-corrected chi connectivity index (χ0v) is 7.91. The minimum Gasteiger partial charge on any atom is -0.385 e. The maximum absolute atomic E-state index is 5.85. The molecule has 0 aliphatic rings. The van der Waals surface area contributed by atoms with Crippen molar-refractivity contribution in [2.24, 2.45) is 0 Å². The second-order valence-electron chi connectivity index (χ2n) is 3.26. The van der Waals surface area contributed by atoms with Crippen LogP contribution < -0.4 is 5.73 Å². The first-order valence-corrected chi connectivity index (χ1v) is 4.44. The van der Waals surface area contributed by atoms with Crippen molar-refractivity contribution in [1.29, 1.82) is 0 Å². The summed E-state index contributed by atoms with van der Waals surface area (Å²) in [5, 5.41) is 0. The van der Waals surface area contributed by atoms with Crippen LogP contribution in [0, 0.1) is 6.92 Å². The SMILES string of the molecule is CCc1ncn2c(N)cc(C)cc12. The van der Waals surface area contributed by atoms with Gasteiger partial charge in [-0.3, -0.25) is 4.40 Å². The second kappa shape index (κ2) is 2.76. The summed E-state index contributed by atoms with van der Waals surface area (Å²) >= 11 is 0. The van der Waals surface area contributed by atoms with Gasteiger partial charge in [-0.2, -0.15) is 0 Å². The van der Waals surface area contributed by atoms with Crippen LogP contribution in [-0.4, -0.2) is 9.38 Å². The zero-order valence-electron chi connectivity index (χ0n) is 7.91. The van der Waals surface area contributed by atoms with Crippen molar-refractivity contribution < 1.29 is 0 Å². The fourth-order valence-electron chi connectivity index (χ4n) is 1.59. The molecule has 2 aromatic rings. The van der Waals surface area contributed by atoms with Crippen molar-refractivity contribution in [2.45, 2.75) is 20.3 Å². The van der Waals surface area contributed by atoms with E-state index in [1.807, 2.05) is 17.4 Å². The highest BCUT2D eigenvalue weighted by Crippen LogP contribution is 2.16. The standard InChI is InChI=1S/C10H13N3/c1-3-8-9-4-7(2)5-10(11)13(9)6-12-8/h4-6H,3,11H2,1-2H3. The number of nitrogens with two attached hydrogens (primary N) is 1. The number of rotatable bonds is 1. The predicted octanol–water partition coefficient (Wildman–Crippen LogP) is 1.79. The normalized spacial score (nSPS) is 10.9. The number of pyridine rings is 1. The Morgan fingerprint density at radius 2 is 2.23 bits per heavy atom. The lowest BCUT2D eigenvalue weighted by Gasteiger charge is -2.02. The lowest BCUT2D eigenvalue weighted by Crippen LogP contribution is -1.96. The summed E-state index contributed by atoms with van der Waals surface area (Å²) in [6.07, 6.45) is 2.72. The maximum atomic E-state index is 5.85. The van der Waals surface area contributed by atoms with Crippen LogP contribution in [0.3, 0.4) is 0 Å². The summed E-state index contributed by atoms with van der Waals surface area (Å²) in [5.41, 5.74) is 9.26. The maximum Gasteiger partial charge on any atom is 0.109 e. The van der Waals surface area contributed by atoms with E-state index in [1.165, 1.54) is 5.56 Å². The number of hydrogen-bond donors (Lipinski definition) is 1. The number of hydrogen-bond acceptors (Lipinski definition) is 2. The molecule has 0 aromatic carbocycles. The van der Waals surface area contributed by atoms with Gasteiger partial charge in [-0.15, -0.1) is 0 Å². The molecule has 13 heavy (non-hydrogen) atoms. The van der Waals surface area contributed by atoms with Gasteiger partial charge >= 0.3 is 0 Å². The molecule has 3 heteroatoms. The van der Waals surface area contributed by atoms with Crippen molar-refractivity contribution in [3.8, 4) is 0 Å². The van der Waals surface area contributed by atoms with Crippen molar-refractivity contribution in [3.63, 3.8) is 0 Å². The van der Waals surface area contributed by atoms with E-state index in [0.29, 0.717) is 0 Å². The minimum absolute atomic E-state index is 0.752. The van der Waals surface area contributed by atoms with Gasteiger partial charge in [-0.05, 0) is 31.0 Å². The average Bonchev–Trinajstić information content (AvgIpc) is 2.47. The van der Waals surface area contributed by atoms with Gasteiger partial charge in [0.15, 0.2) is 0 Å². The van der Waals surface area contributed by atoms with E-state index in [4.69, 9.17) is 5.73 Å². The number of imidazole rings is 1. The van der Waals surface area contributed by atoms with Crippen LogP contribution in [0.15, 0.2) is 18.5 Å². The second-order valence-corrected chi connectivity index (χ2v) is 3.26. The Morgan fingerprint density at radius 3 is 2.92 bits per heavy atom. The lowest BCUT2D eigenvalue weighted by molar-refractivity contribution is 1.07. The van der Waals surface area contributed by atoms with Crippen molar-refractivity contribution in [2.75, 3.05) is 5.73 Å². The molecular weight excluding hydrogens is 162 g/mol. The van der Waals surface area contributed by atoms with Crippen molar-refractivity contribution in [1.82, 2.24) is 9.38 Å². The van der Waals surface area contributed by atoms with Crippen LogP contribution in [0.1, 0.15) is 18.2 Å². The summed E-state index contributed by atoms with van der Waals surface area (Å²) < 4.78 is 1.92. The minimum atomic E-state index is 0.752. The number of aryl methyl sites for hydroxylation is 2. The van der Waals surface area contributed by atoms with Crippen LogP contribution in [0.5, 0.6) is 0 Å². The van der Waals surface area contributed by atoms with Crippen LogP contribution in [0.4, 0.5) is 5.82 Å². The molecule has 2 heterocycles. The molecule has 0 unspecified atom stereocenters. The number of anilines is 1. The summed E-state index contributed by atoms with van der Waals surface area (Å²) in [5.74, 6) is 0.752. The third kappa shape index (κ3) is 1.16. The van der Waals surface area contributed by atoms with Gasteiger partial charge in [0.2, 0.25) is 0 Å². The van der Waals surface area contributed by atoms with E-state index in [2.05, 4.69) is 18.0 Å². The Kier molecular flexibility index (Phi) is 1.72. The van der Waals surface area contributed by atoms with Gasteiger partial charge in [-0.25, -0.2) is 4.98 Å². The molecule has 3 nitrogen and oxygen atoms in total. The number of fused-ring (bicyclic) bond motifs is 1. The highest BCUT2D eigenvalue weighted by Gasteiger charge is 2.04. The van der Waals surface area contributed by atoms with Crippen LogP contribution in [-0.2, 0) is 6.42 Å². The van der Waals surface area contributed by atoms with Crippen LogP contribution in [0.25, 0.3) is 5.52 Å². The molecule has 0 atom stereocenters. The Labute approximate surface area is 77.2 Å². The fourth-order valence-corrected chi connectivity index (χ4v) is 1.59. The van der Waals surface area contributed by atoms with Gasteiger partial charge < -0.3 is 5.73 Å². The highest BCUT2D eigenvalue weighted by molar-refractivity contribution is 5.59. The fraction of sp³-hybridized carbons (Fsp3) is 0.300. The largest absolute Gasteiger partial charge is 0.385 e. The van der Waals surface area contributed by atoms with Gasteiger partial charge in [0.1, 0.15) is 12.1 Å². The quantitative estimate of drug-likeness (QED) is 0.718. The van der Waals surface area contributed by atoms with Gasteiger partial charge in [0, 0.05) is 0 Å². The molecule has 2 rings (SSSR count). The van der Waals surface area contributed by atoms with Gasteiger partial charge in [0.25, 0.3) is 0 Å². The summed E-state index contributed by atoms with van der Waals surface area (Å²) in [6, 6.07) is 4.07. The van der Waals surface area contributed by atoms with E-state index >= 15 is 0 Å². The topological polar surface area (TPSA) is 43.3 Å². The van der Waals surface area contributed by atoms with E-state index in [9.17, 15) is 0 Å². The molecule has 68 valence electrons. The molecule has 0 fully saturated rings. The number of aromatic nitrogens is 2. The monoisotopic (exact) mass is 175 g/mol. The van der Waals surface area contributed by atoms with E-state index < -0.39 is 0 Å². The number of nitrogens with zero attached hydrogens (tertiary/aromatic N) is 2. The molecule has 0 spiro atoms. The molecule has 0 aliphatic heterocycles. The highest BCUT2D eigenvalue weighted by atomic mass is 15.0. The lowest BCUT2D eigenvalue weighted by atomic mass is 10.2. The third-order valence-corrected chi connectivity index (χ3v) is 2.24. The molecule has 0 bridgehead atoms. The summed E-state index contributed by atoms with van der Waals surface area (Å²) in [6.45, 7) is 4.14. The van der Waals surface area contributed by atoms with Crippen LogP contribution in [0.2, 0.25) is 0 Å². The van der Waals surface area contributed by atoms with Crippen molar-refractivity contribution in [3.05, 3.63) is 29.7 Å². The first kappa shape index (κ1) is 8.10. The first-order chi connectivity index (χ1) is 6.22. The molecule has 0 radical (unpaired) electrons. The molecule has 0 amide bonds. The zero-order chi connectivity index (χ0) is 9.42. The molecule has 0 saturated heterocycles. The van der Waals surface area contributed by atoms with E-state index in [0.717, 1.165) is 23.4 Å². The Morgan fingerprint density at radius 1 is 1.46 bits per heavy atom. The number of nitrogen functional groups attached to an aromatic ring is 1.